The van der Waals surface area contributed by atoms with Crippen molar-refractivity contribution in [2.75, 3.05) is 0 Å². The van der Waals surface area contributed by atoms with Crippen molar-refractivity contribution in [1.82, 2.24) is 0 Å². The predicted molar refractivity (Wildman–Crippen MR) is 78.6 cm³/mol. The van der Waals surface area contributed by atoms with Gasteiger partial charge >= 0.3 is 0 Å². The summed E-state index contributed by atoms with van der Waals surface area (Å²) in [5.74, 6) is 2.31. The first-order valence-electron chi connectivity index (χ1n) is 8.63. The van der Waals surface area contributed by atoms with Crippen LogP contribution in [0.25, 0.3) is 0 Å². The summed E-state index contributed by atoms with van der Waals surface area (Å²) in [6, 6.07) is 0. The van der Waals surface area contributed by atoms with Crippen LogP contribution in [0.1, 0.15) is 89.9 Å². The monoisotopic (exact) mass is 246 g/mol. The summed E-state index contributed by atoms with van der Waals surface area (Å²) < 4.78 is 0. The lowest BCUT2D eigenvalue weighted by atomic mass is 9.71. The lowest BCUT2D eigenvalue weighted by molar-refractivity contribution is 0.171. The summed E-state index contributed by atoms with van der Waals surface area (Å²) in [4.78, 5) is 0. The normalized spacial score (nSPS) is 34.7. The van der Waals surface area contributed by atoms with E-state index in [-0.39, 0.29) is 0 Å². The van der Waals surface area contributed by atoms with E-state index >= 15 is 0 Å². The highest BCUT2D eigenvalue weighted by Gasteiger charge is 2.26. The van der Waals surface area contributed by atoms with E-state index in [1.54, 1.807) is 25.7 Å². The largest absolute Gasteiger partial charge is 0.0707 e. The maximum Gasteiger partial charge on any atom is -0.0280 e. The number of hydrogen-bond donors (Lipinski definition) is 0. The zero-order chi connectivity index (χ0) is 12.2. The predicted octanol–water partition coefficient (Wildman–Crippen LogP) is 6.02. The molecule has 0 aromatic rings. The number of fused-ring (bicyclic) bond motifs is 1. The van der Waals surface area contributed by atoms with E-state index in [4.69, 9.17) is 0 Å². The average Bonchev–Trinajstić information content (AvgIpc) is 2.41. The van der Waals surface area contributed by atoms with Crippen molar-refractivity contribution < 1.29 is 0 Å². The third kappa shape index (κ3) is 3.00. The second kappa shape index (κ2) is 6.26. The summed E-state index contributed by atoms with van der Waals surface area (Å²) >= 11 is 0. The molecule has 0 radical (unpaired) electrons. The zero-order valence-electron chi connectivity index (χ0n) is 12.1. The standard InChI is InChI=1S/C10H18.C8H12/c1-2-6-10-8-4-3-7-9(10)5-1;1-2-4-8-6-5-7(8)3-1/h9-10H,1-8H2;1-6H2. The molecule has 18 heavy (non-hydrogen) atoms. The molecule has 0 nitrogen and oxygen atoms in total. The first kappa shape index (κ1) is 12.8. The zero-order valence-corrected chi connectivity index (χ0v) is 12.1. The van der Waals surface area contributed by atoms with E-state index < -0.39 is 0 Å². The van der Waals surface area contributed by atoms with Crippen molar-refractivity contribution >= 4 is 0 Å². The van der Waals surface area contributed by atoms with Gasteiger partial charge in [-0.15, -0.1) is 0 Å². The van der Waals surface area contributed by atoms with Crippen LogP contribution in [0.5, 0.6) is 0 Å². The molecule has 0 aromatic carbocycles. The molecule has 4 rings (SSSR count). The molecule has 0 heteroatoms. The smallest absolute Gasteiger partial charge is 0.0280 e. The second-order valence-electron chi connectivity index (χ2n) is 7.00. The van der Waals surface area contributed by atoms with Crippen molar-refractivity contribution in [3.63, 3.8) is 0 Å². The lowest BCUT2D eigenvalue weighted by Gasteiger charge is -2.35. The average molecular weight is 246 g/mol. The van der Waals surface area contributed by atoms with Crippen LogP contribution in [-0.4, -0.2) is 0 Å². The highest BCUT2D eigenvalue weighted by molar-refractivity contribution is 5.25. The fourth-order valence-electron chi connectivity index (χ4n) is 4.62. The molecule has 0 saturated heterocycles. The molecule has 0 bridgehead atoms. The molecule has 0 N–H and O–H groups in total. The van der Waals surface area contributed by atoms with Gasteiger partial charge in [-0.3, -0.25) is 0 Å². The van der Waals surface area contributed by atoms with Crippen LogP contribution in [0, 0.1) is 11.8 Å². The third-order valence-corrected chi connectivity index (χ3v) is 5.90. The van der Waals surface area contributed by atoms with Gasteiger partial charge in [-0.05, 0) is 50.4 Å². The van der Waals surface area contributed by atoms with Crippen molar-refractivity contribution in [2.24, 2.45) is 11.8 Å². The van der Waals surface area contributed by atoms with Crippen LogP contribution >= 0.6 is 0 Å². The molecule has 2 saturated carbocycles. The van der Waals surface area contributed by atoms with Crippen LogP contribution in [0.4, 0.5) is 0 Å². The molecule has 0 spiro atoms. The van der Waals surface area contributed by atoms with Gasteiger partial charge in [0.2, 0.25) is 0 Å². The Kier molecular flexibility index (Phi) is 4.44. The number of allylic oxidation sites excluding steroid dienone is 2. The van der Waals surface area contributed by atoms with Crippen LogP contribution in [-0.2, 0) is 0 Å². The Hall–Kier alpha value is -0.260. The fourth-order valence-corrected chi connectivity index (χ4v) is 4.62. The van der Waals surface area contributed by atoms with E-state index in [1.807, 2.05) is 11.1 Å². The first-order chi connectivity index (χ1) is 8.93. The molecular weight excluding hydrogens is 216 g/mol. The Bertz CT molecular complexity index is 257. The molecule has 0 heterocycles. The molecule has 0 aromatic heterocycles. The van der Waals surface area contributed by atoms with E-state index in [0.717, 1.165) is 11.8 Å². The second-order valence-corrected chi connectivity index (χ2v) is 7.00. The summed E-state index contributed by atoms with van der Waals surface area (Å²) in [5, 5.41) is 0. The fraction of sp³-hybridized carbons (Fsp3) is 0.889. The first-order valence-corrected chi connectivity index (χ1v) is 8.63. The molecule has 2 fully saturated rings. The highest BCUT2D eigenvalue weighted by atomic mass is 14.3. The van der Waals surface area contributed by atoms with E-state index in [0.29, 0.717) is 0 Å². The van der Waals surface area contributed by atoms with Crippen molar-refractivity contribution in [2.45, 2.75) is 89.9 Å². The van der Waals surface area contributed by atoms with Crippen LogP contribution in [0.15, 0.2) is 11.1 Å². The molecule has 102 valence electrons. The van der Waals surface area contributed by atoms with Gasteiger partial charge in [0.25, 0.3) is 0 Å². The van der Waals surface area contributed by atoms with Gasteiger partial charge in [0.15, 0.2) is 0 Å². The summed E-state index contributed by atoms with van der Waals surface area (Å²) in [6.45, 7) is 0. The van der Waals surface area contributed by atoms with E-state index in [1.165, 1.54) is 64.2 Å². The van der Waals surface area contributed by atoms with Gasteiger partial charge in [-0.2, -0.15) is 0 Å². The molecular formula is C18H30. The molecule has 0 aliphatic heterocycles. The van der Waals surface area contributed by atoms with Gasteiger partial charge in [-0.1, -0.05) is 62.5 Å². The Morgan fingerprint density at radius 3 is 1.11 bits per heavy atom. The summed E-state index contributed by atoms with van der Waals surface area (Å²) in [7, 11) is 0. The van der Waals surface area contributed by atoms with Gasteiger partial charge in [0, 0.05) is 0 Å². The quantitative estimate of drug-likeness (QED) is 0.459. The maximum absolute atomic E-state index is 1.82. The van der Waals surface area contributed by atoms with Crippen LogP contribution in [0.3, 0.4) is 0 Å². The minimum absolute atomic E-state index is 1.16. The summed E-state index contributed by atoms with van der Waals surface area (Å²) in [5.41, 5.74) is 3.63. The van der Waals surface area contributed by atoms with Crippen molar-refractivity contribution in [3.05, 3.63) is 11.1 Å². The molecule has 4 aliphatic rings. The van der Waals surface area contributed by atoms with Crippen LogP contribution in [0.2, 0.25) is 0 Å². The molecule has 0 atom stereocenters. The third-order valence-electron chi connectivity index (χ3n) is 5.90. The topological polar surface area (TPSA) is 0 Å². The van der Waals surface area contributed by atoms with Gasteiger partial charge in [0.1, 0.15) is 0 Å². The van der Waals surface area contributed by atoms with E-state index in [2.05, 4.69) is 0 Å². The lowest BCUT2D eigenvalue weighted by Crippen LogP contribution is -2.22. The van der Waals surface area contributed by atoms with E-state index in [9.17, 15) is 0 Å². The Morgan fingerprint density at radius 2 is 0.833 bits per heavy atom. The Balaban J connectivity index is 0.000000114. The Labute approximate surface area is 113 Å². The molecule has 4 aliphatic carbocycles. The summed E-state index contributed by atoms with van der Waals surface area (Å²) in [6.07, 6.45) is 21.1. The Morgan fingerprint density at radius 1 is 0.444 bits per heavy atom. The minimum Gasteiger partial charge on any atom is -0.0707 e. The molecule has 0 amide bonds. The highest BCUT2D eigenvalue weighted by Crippen LogP contribution is 2.40. The number of hydrogen-bond acceptors (Lipinski definition) is 0. The van der Waals surface area contributed by atoms with Crippen molar-refractivity contribution in [1.29, 1.82) is 0 Å². The van der Waals surface area contributed by atoms with Crippen LogP contribution < -0.4 is 0 Å². The van der Waals surface area contributed by atoms with Gasteiger partial charge < -0.3 is 0 Å². The van der Waals surface area contributed by atoms with Gasteiger partial charge in [-0.25, -0.2) is 0 Å². The maximum atomic E-state index is 1.82. The number of rotatable bonds is 0. The van der Waals surface area contributed by atoms with Crippen molar-refractivity contribution in [3.8, 4) is 0 Å². The van der Waals surface area contributed by atoms with Gasteiger partial charge in [0.05, 0.1) is 0 Å². The molecule has 0 unspecified atom stereocenters. The minimum atomic E-state index is 1.16. The SMILES string of the molecule is C1CCC2=C(C1)CC2.C1CCC2CCCCC2C1.